The topological polar surface area (TPSA) is 98.1 Å². The number of halogens is 3. The van der Waals surface area contributed by atoms with Crippen LogP contribution in [0.2, 0.25) is 0 Å². The molecule has 156 valence electrons. The Morgan fingerprint density at radius 1 is 1.03 bits per heavy atom. The Morgan fingerprint density at radius 3 is 2.37 bits per heavy atom. The van der Waals surface area contributed by atoms with E-state index in [4.69, 9.17) is 4.74 Å². The third-order valence-electron chi connectivity index (χ3n) is 4.05. The summed E-state index contributed by atoms with van der Waals surface area (Å²) in [4.78, 5) is 28.0. The number of pyridine rings is 1. The number of aryl methyl sites for hydroxylation is 1. The highest BCUT2D eigenvalue weighted by Gasteiger charge is 2.30. The van der Waals surface area contributed by atoms with Crippen molar-refractivity contribution in [3.63, 3.8) is 0 Å². The minimum atomic E-state index is -4.50. The highest BCUT2D eigenvalue weighted by atomic mass is 19.4. The molecule has 0 unspecified atom stereocenters. The van der Waals surface area contributed by atoms with Crippen LogP contribution in [0.4, 0.5) is 13.2 Å². The van der Waals surface area contributed by atoms with E-state index in [1.807, 2.05) is 0 Å². The Bertz CT molecular complexity index is 1030. The van der Waals surface area contributed by atoms with Gasteiger partial charge in [-0.05, 0) is 18.2 Å². The summed E-state index contributed by atoms with van der Waals surface area (Å²) in [6.07, 6.45) is -2.56. The number of rotatable bonds is 5. The summed E-state index contributed by atoms with van der Waals surface area (Å²) >= 11 is 0. The molecule has 30 heavy (non-hydrogen) atoms. The second-order valence-corrected chi connectivity index (χ2v) is 6.07. The first-order valence-electron chi connectivity index (χ1n) is 8.58. The van der Waals surface area contributed by atoms with Crippen LogP contribution in [-0.4, -0.2) is 26.6 Å². The van der Waals surface area contributed by atoms with E-state index in [9.17, 15) is 22.8 Å². The molecule has 0 aliphatic heterocycles. The normalized spacial score (nSPS) is 11.1. The number of benzene rings is 1. The molecule has 11 heteroatoms. The number of hydrazine groups is 1. The lowest BCUT2D eigenvalue weighted by Crippen LogP contribution is -2.41. The summed E-state index contributed by atoms with van der Waals surface area (Å²) in [5.41, 5.74) is 4.50. The van der Waals surface area contributed by atoms with Crippen molar-refractivity contribution in [1.82, 2.24) is 25.6 Å². The Hall–Kier alpha value is -3.89. The Morgan fingerprint density at radius 2 is 1.73 bits per heavy atom. The van der Waals surface area contributed by atoms with Crippen LogP contribution in [0, 0.1) is 0 Å². The van der Waals surface area contributed by atoms with Crippen LogP contribution in [0.3, 0.4) is 0 Å². The van der Waals surface area contributed by atoms with Crippen molar-refractivity contribution in [3.05, 3.63) is 77.2 Å². The van der Waals surface area contributed by atoms with Crippen LogP contribution in [0.1, 0.15) is 32.0 Å². The number of carbonyl (C=O) groups excluding carboxylic acids is 2. The van der Waals surface area contributed by atoms with Crippen molar-refractivity contribution in [2.24, 2.45) is 7.05 Å². The van der Waals surface area contributed by atoms with Gasteiger partial charge in [0.05, 0.1) is 23.0 Å². The van der Waals surface area contributed by atoms with Gasteiger partial charge in [-0.3, -0.25) is 25.1 Å². The number of hydrogen-bond acceptors (Lipinski definition) is 5. The lowest BCUT2D eigenvalue weighted by molar-refractivity contribution is -0.137. The van der Waals surface area contributed by atoms with Crippen LogP contribution >= 0.6 is 0 Å². The predicted octanol–water partition coefficient (Wildman–Crippen LogP) is 2.49. The number of nitrogens with one attached hydrogen (secondary N) is 2. The molecule has 0 radical (unpaired) electrons. The van der Waals surface area contributed by atoms with E-state index in [-0.39, 0.29) is 18.1 Å². The average molecular weight is 419 g/mol. The van der Waals surface area contributed by atoms with Crippen LogP contribution in [-0.2, 0) is 19.8 Å². The SMILES string of the molecule is Cn1ncc(C(=O)NNC(=O)c2ccccc2)c1COc1ccc(C(F)(F)F)cn1. The summed E-state index contributed by atoms with van der Waals surface area (Å²) in [5.74, 6) is -1.18. The third-order valence-corrected chi connectivity index (χ3v) is 4.05. The summed E-state index contributed by atoms with van der Waals surface area (Å²) in [7, 11) is 1.57. The van der Waals surface area contributed by atoms with Crippen LogP contribution in [0.5, 0.6) is 5.88 Å². The summed E-state index contributed by atoms with van der Waals surface area (Å²) in [5, 5.41) is 3.98. The Labute approximate surface area is 168 Å². The molecule has 8 nitrogen and oxygen atoms in total. The van der Waals surface area contributed by atoms with E-state index in [0.717, 1.165) is 12.1 Å². The van der Waals surface area contributed by atoms with Crippen LogP contribution in [0.15, 0.2) is 54.9 Å². The number of amides is 2. The molecule has 0 saturated heterocycles. The van der Waals surface area contributed by atoms with Gasteiger partial charge in [-0.1, -0.05) is 18.2 Å². The molecule has 2 heterocycles. The number of ether oxygens (including phenoxy) is 1. The van der Waals surface area contributed by atoms with Gasteiger partial charge in [0.1, 0.15) is 6.61 Å². The molecule has 0 atom stereocenters. The smallest absolute Gasteiger partial charge is 0.417 e. The lowest BCUT2D eigenvalue weighted by atomic mass is 10.2. The van der Waals surface area contributed by atoms with Gasteiger partial charge in [-0.2, -0.15) is 18.3 Å². The van der Waals surface area contributed by atoms with Gasteiger partial charge in [0, 0.05) is 24.9 Å². The molecule has 2 N–H and O–H groups in total. The molecule has 0 bridgehead atoms. The summed E-state index contributed by atoms with van der Waals surface area (Å²) in [6.45, 7) is -0.176. The number of alkyl halides is 3. The van der Waals surface area contributed by atoms with E-state index in [1.54, 1.807) is 37.4 Å². The molecule has 0 aliphatic rings. The highest BCUT2D eigenvalue weighted by Crippen LogP contribution is 2.29. The fourth-order valence-electron chi connectivity index (χ4n) is 2.44. The molecule has 0 aliphatic carbocycles. The first-order valence-corrected chi connectivity index (χ1v) is 8.58. The zero-order valence-corrected chi connectivity index (χ0v) is 15.6. The third kappa shape index (κ3) is 4.93. The van der Waals surface area contributed by atoms with E-state index in [1.165, 1.54) is 10.9 Å². The average Bonchev–Trinajstić information content (AvgIpc) is 3.11. The minimum absolute atomic E-state index is 0.0482. The van der Waals surface area contributed by atoms with Gasteiger partial charge in [-0.25, -0.2) is 4.98 Å². The van der Waals surface area contributed by atoms with E-state index < -0.39 is 23.6 Å². The van der Waals surface area contributed by atoms with Crippen molar-refractivity contribution in [2.45, 2.75) is 12.8 Å². The molecule has 0 saturated carbocycles. The van der Waals surface area contributed by atoms with Crippen molar-refractivity contribution >= 4 is 11.8 Å². The summed E-state index contributed by atoms with van der Waals surface area (Å²) < 4.78 is 44.5. The molecule has 1 aromatic carbocycles. The monoisotopic (exact) mass is 419 g/mol. The quantitative estimate of drug-likeness (QED) is 0.620. The van der Waals surface area contributed by atoms with E-state index >= 15 is 0 Å². The van der Waals surface area contributed by atoms with Crippen molar-refractivity contribution in [1.29, 1.82) is 0 Å². The fraction of sp³-hybridized carbons (Fsp3) is 0.158. The van der Waals surface area contributed by atoms with Gasteiger partial charge in [0.15, 0.2) is 0 Å². The predicted molar refractivity (Wildman–Crippen MR) is 98.2 cm³/mol. The lowest BCUT2D eigenvalue weighted by Gasteiger charge is -2.10. The molecule has 3 rings (SSSR count). The molecule has 0 fully saturated rings. The van der Waals surface area contributed by atoms with Gasteiger partial charge < -0.3 is 4.74 Å². The molecule has 3 aromatic rings. The zero-order valence-electron chi connectivity index (χ0n) is 15.6. The number of aromatic nitrogens is 3. The second-order valence-electron chi connectivity index (χ2n) is 6.07. The maximum absolute atomic E-state index is 12.6. The molecule has 2 amide bonds. The first kappa shape index (κ1) is 20.8. The first-order chi connectivity index (χ1) is 14.3. The van der Waals surface area contributed by atoms with Gasteiger partial charge in [-0.15, -0.1) is 0 Å². The molecule has 0 spiro atoms. The highest BCUT2D eigenvalue weighted by molar-refractivity contribution is 5.99. The maximum Gasteiger partial charge on any atom is 0.417 e. The Kier molecular flexibility index (Phi) is 6.00. The fourth-order valence-corrected chi connectivity index (χ4v) is 2.44. The van der Waals surface area contributed by atoms with Crippen LogP contribution in [0.25, 0.3) is 0 Å². The maximum atomic E-state index is 12.6. The Balaban J connectivity index is 1.63. The number of carbonyl (C=O) groups is 2. The van der Waals surface area contributed by atoms with Crippen molar-refractivity contribution < 1.29 is 27.5 Å². The van der Waals surface area contributed by atoms with Gasteiger partial charge in [0.2, 0.25) is 5.88 Å². The minimum Gasteiger partial charge on any atom is -0.471 e. The standard InChI is InChI=1S/C19H16F3N5O3/c1-27-15(11-30-16-8-7-13(9-23-16)19(20,21)22)14(10-24-27)18(29)26-25-17(28)12-5-3-2-4-6-12/h2-10H,11H2,1H3,(H,25,28)(H,26,29). The summed E-state index contributed by atoms with van der Waals surface area (Å²) in [6, 6.07) is 10.2. The van der Waals surface area contributed by atoms with Gasteiger partial charge in [0.25, 0.3) is 11.8 Å². The van der Waals surface area contributed by atoms with Crippen LogP contribution < -0.4 is 15.6 Å². The number of nitrogens with zero attached hydrogens (tertiary/aromatic N) is 3. The van der Waals surface area contributed by atoms with E-state index in [2.05, 4.69) is 20.9 Å². The van der Waals surface area contributed by atoms with Crippen molar-refractivity contribution in [3.8, 4) is 5.88 Å². The molecular formula is C19H16F3N5O3. The second kappa shape index (κ2) is 8.64. The molecule has 2 aromatic heterocycles. The number of hydrogen-bond donors (Lipinski definition) is 2. The largest absolute Gasteiger partial charge is 0.471 e. The van der Waals surface area contributed by atoms with Crippen molar-refractivity contribution in [2.75, 3.05) is 0 Å². The molecular weight excluding hydrogens is 403 g/mol. The zero-order chi connectivity index (χ0) is 21.7. The van der Waals surface area contributed by atoms with Gasteiger partial charge >= 0.3 is 6.18 Å². The van der Waals surface area contributed by atoms with E-state index in [0.29, 0.717) is 17.5 Å².